The number of hydrogen-bond donors (Lipinski definition) is 1. The van der Waals surface area contributed by atoms with E-state index in [0.29, 0.717) is 0 Å². The zero-order chi connectivity index (χ0) is 8.55. The van der Waals surface area contributed by atoms with Gasteiger partial charge in [-0.3, -0.25) is 0 Å². The normalized spacial score (nSPS) is 25.0. The van der Waals surface area contributed by atoms with E-state index in [9.17, 15) is 0 Å². The fourth-order valence-electron chi connectivity index (χ4n) is 1.61. The lowest BCUT2D eigenvalue weighted by atomic mass is 10.0. The minimum atomic E-state index is 0.0960. The molecule has 2 nitrogen and oxygen atoms in total. The van der Waals surface area contributed by atoms with Crippen molar-refractivity contribution in [2.75, 3.05) is 6.61 Å². The summed E-state index contributed by atoms with van der Waals surface area (Å²) in [6, 6.07) is 2.23. The molecule has 0 radical (unpaired) electrons. The van der Waals surface area contributed by atoms with Gasteiger partial charge in [-0.25, -0.2) is 0 Å². The van der Waals surface area contributed by atoms with Crippen LogP contribution in [0, 0.1) is 0 Å². The average molecular weight is 183 g/mol. The molecule has 2 rings (SSSR count). The van der Waals surface area contributed by atoms with Crippen LogP contribution in [-0.2, 0) is 11.2 Å². The van der Waals surface area contributed by atoms with Gasteiger partial charge in [-0.2, -0.15) is 0 Å². The molecular formula is C9H13NOS. The molecule has 66 valence electrons. The Morgan fingerprint density at radius 2 is 2.58 bits per heavy atom. The lowest BCUT2D eigenvalue weighted by Gasteiger charge is -2.26. The van der Waals surface area contributed by atoms with Crippen LogP contribution in [0.2, 0.25) is 0 Å². The quantitative estimate of drug-likeness (QED) is 0.719. The van der Waals surface area contributed by atoms with Crippen LogP contribution in [0.15, 0.2) is 11.4 Å². The van der Waals surface area contributed by atoms with Gasteiger partial charge in [0.15, 0.2) is 0 Å². The Morgan fingerprint density at radius 3 is 3.33 bits per heavy atom. The van der Waals surface area contributed by atoms with Gasteiger partial charge < -0.3 is 10.5 Å². The molecule has 1 aromatic rings. The van der Waals surface area contributed by atoms with Crippen molar-refractivity contribution in [3.63, 3.8) is 0 Å². The summed E-state index contributed by atoms with van der Waals surface area (Å²) in [5.41, 5.74) is 7.13. The van der Waals surface area contributed by atoms with E-state index < -0.39 is 0 Å². The highest BCUT2D eigenvalue weighted by molar-refractivity contribution is 7.10. The molecule has 1 aliphatic heterocycles. The van der Waals surface area contributed by atoms with Gasteiger partial charge in [0.05, 0.1) is 12.7 Å². The maximum atomic E-state index is 5.82. The lowest BCUT2D eigenvalue weighted by Crippen LogP contribution is -2.30. The molecule has 0 saturated heterocycles. The molecule has 1 aliphatic rings. The molecule has 0 amide bonds. The topological polar surface area (TPSA) is 35.2 Å². The van der Waals surface area contributed by atoms with Gasteiger partial charge in [0.1, 0.15) is 0 Å². The lowest BCUT2D eigenvalue weighted by molar-refractivity contribution is 0.0297. The van der Waals surface area contributed by atoms with Crippen LogP contribution in [0.5, 0.6) is 0 Å². The van der Waals surface area contributed by atoms with Crippen molar-refractivity contribution in [2.45, 2.75) is 25.5 Å². The fourth-order valence-corrected chi connectivity index (χ4v) is 2.51. The number of rotatable bonds is 1. The first-order chi connectivity index (χ1) is 5.79. The van der Waals surface area contributed by atoms with Crippen LogP contribution in [0.1, 0.15) is 23.5 Å². The average Bonchev–Trinajstić information content (AvgIpc) is 2.49. The van der Waals surface area contributed by atoms with Crippen molar-refractivity contribution in [3.8, 4) is 0 Å². The largest absolute Gasteiger partial charge is 0.371 e. The smallest absolute Gasteiger partial charge is 0.0983 e. The third-order valence-electron chi connectivity index (χ3n) is 2.19. The standard InChI is InChI=1S/C9H13NOS/c1-6(10)9-7-3-5-12-8(7)2-4-11-9/h3,5-6,9H,2,4,10H2,1H3/t6-,9-/m1/s1. The van der Waals surface area contributed by atoms with Crippen LogP contribution >= 0.6 is 11.3 Å². The third-order valence-corrected chi connectivity index (χ3v) is 3.19. The molecule has 0 unspecified atom stereocenters. The summed E-state index contributed by atoms with van der Waals surface area (Å²) in [5.74, 6) is 0. The van der Waals surface area contributed by atoms with Gasteiger partial charge in [-0.1, -0.05) is 0 Å². The number of nitrogens with two attached hydrogens (primary N) is 1. The van der Waals surface area contributed by atoms with Crippen LogP contribution in [0.3, 0.4) is 0 Å². The summed E-state index contributed by atoms with van der Waals surface area (Å²) in [7, 11) is 0. The second kappa shape index (κ2) is 3.17. The van der Waals surface area contributed by atoms with Crippen molar-refractivity contribution in [2.24, 2.45) is 5.73 Å². The summed E-state index contributed by atoms with van der Waals surface area (Å²) in [5, 5.41) is 2.12. The molecule has 2 atom stereocenters. The first-order valence-electron chi connectivity index (χ1n) is 4.22. The fraction of sp³-hybridized carbons (Fsp3) is 0.556. The zero-order valence-electron chi connectivity index (χ0n) is 7.12. The van der Waals surface area contributed by atoms with E-state index in [0.717, 1.165) is 13.0 Å². The maximum Gasteiger partial charge on any atom is 0.0983 e. The predicted octanol–water partition coefficient (Wildman–Crippen LogP) is 1.71. The molecule has 0 aliphatic carbocycles. The van der Waals surface area contributed by atoms with Gasteiger partial charge in [-0.15, -0.1) is 11.3 Å². The molecule has 1 aromatic heterocycles. The highest BCUT2D eigenvalue weighted by Crippen LogP contribution is 2.32. The molecule has 2 heterocycles. The number of thiophene rings is 1. The van der Waals surface area contributed by atoms with E-state index >= 15 is 0 Å². The van der Waals surface area contributed by atoms with E-state index in [-0.39, 0.29) is 12.1 Å². The molecule has 12 heavy (non-hydrogen) atoms. The number of fused-ring (bicyclic) bond motifs is 1. The van der Waals surface area contributed by atoms with E-state index in [4.69, 9.17) is 10.5 Å². The van der Waals surface area contributed by atoms with Gasteiger partial charge >= 0.3 is 0 Å². The number of hydrogen-bond acceptors (Lipinski definition) is 3. The van der Waals surface area contributed by atoms with E-state index in [1.54, 1.807) is 0 Å². The minimum Gasteiger partial charge on any atom is -0.371 e. The molecule has 0 aromatic carbocycles. The molecule has 2 N–H and O–H groups in total. The van der Waals surface area contributed by atoms with E-state index in [2.05, 4.69) is 11.4 Å². The Bertz CT molecular complexity index is 269. The van der Waals surface area contributed by atoms with Crippen molar-refractivity contribution < 1.29 is 4.74 Å². The van der Waals surface area contributed by atoms with Crippen molar-refractivity contribution in [1.29, 1.82) is 0 Å². The van der Waals surface area contributed by atoms with Crippen LogP contribution in [-0.4, -0.2) is 12.6 Å². The van der Waals surface area contributed by atoms with Gasteiger partial charge in [0.2, 0.25) is 0 Å². The van der Waals surface area contributed by atoms with Crippen molar-refractivity contribution in [3.05, 3.63) is 21.9 Å². The Balaban J connectivity index is 2.31. The summed E-state index contributed by atoms with van der Waals surface area (Å²) >= 11 is 1.81. The Labute approximate surface area is 76.3 Å². The molecule has 0 bridgehead atoms. The summed E-state index contributed by atoms with van der Waals surface area (Å²) < 4.78 is 5.61. The second-order valence-electron chi connectivity index (χ2n) is 3.20. The highest BCUT2D eigenvalue weighted by Gasteiger charge is 2.24. The zero-order valence-corrected chi connectivity index (χ0v) is 7.93. The van der Waals surface area contributed by atoms with E-state index in [1.807, 2.05) is 18.3 Å². The highest BCUT2D eigenvalue weighted by atomic mass is 32.1. The van der Waals surface area contributed by atoms with Gasteiger partial charge in [-0.05, 0) is 23.9 Å². The minimum absolute atomic E-state index is 0.0960. The summed E-state index contributed by atoms with van der Waals surface area (Å²) in [4.78, 5) is 1.45. The Hall–Kier alpha value is -0.380. The third kappa shape index (κ3) is 1.28. The number of ether oxygens (including phenoxy) is 1. The Morgan fingerprint density at radius 1 is 1.75 bits per heavy atom. The van der Waals surface area contributed by atoms with Gasteiger partial charge in [0.25, 0.3) is 0 Å². The maximum absolute atomic E-state index is 5.82. The first kappa shape index (κ1) is 8.23. The first-order valence-corrected chi connectivity index (χ1v) is 5.10. The molecule has 3 heteroatoms. The summed E-state index contributed by atoms with van der Waals surface area (Å²) in [6.07, 6.45) is 1.18. The van der Waals surface area contributed by atoms with E-state index in [1.165, 1.54) is 10.4 Å². The predicted molar refractivity (Wildman–Crippen MR) is 50.4 cm³/mol. The SMILES string of the molecule is C[C@@H](N)[C@H]1OCCc2sccc21. The molecule has 0 fully saturated rings. The van der Waals surface area contributed by atoms with Gasteiger partial charge in [0, 0.05) is 17.3 Å². The monoisotopic (exact) mass is 183 g/mol. The molecule has 0 spiro atoms. The van der Waals surface area contributed by atoms with Crippen molar-refractivity contribution in [1.82, 2.24) is 0 Å². The van der Waals surface area contributed by atoms with Crippen LogP contribution < -0.4 is 5.73 Å². The molecule has 0 saturated carbocycles. The van der Waals surface area contributed by atoms with Crippen molar-refractivity contribution >= 4 is 11.3 Å². The summed E-state index contributed by atoms with van der Waals surface area (Å²) in [6.45, 7) is 2.82. The second-order valence-corrected chi connectivity index (χ2v) is 4.20. The molecular weight excluding hydrogens is 170 g/mol. The van der Waals surface area contributed by atoms with Crippen LogP contribution in [0.25, 0.3) is 0 Å². The van der Waals surface area contributed by atoms with Crippen LogP contribution in [0.4, 0.5) is 0 Å². The Kier molecular flexibility index (Phi) is 2.17.